The van der Waals surface area contributed by atoms with Crippen LogP contribution in [0.1, 0.15) is 11.1 Å². The molecule has 144 valence electrons. The molecule has 0 aromatic heterocycles. The van der Waals surface area contributed by atoms with Gasteiger partial charge in [-0.25, -0.2) is 0 Å². The van der Waals surface area contributed by atoms with Gasteiger partial charge < -0.3 is 10.1 Å². The fraction of sp³-hybridized carbons (Fsp3) is 0.150. The van der Waals surface area contributed by atoms with Gasteiger partial charge in [-0.15, -0.1) is 0 Å². The van der Waals surface area contributed by atoms with Gasteiger partial charge in [-0.05, 0) is 66.2 Å². The molecule has 3 amide bonds. The molecule has 1 N–H and O–H groups in total. The van der Waals surface area contributed by atoms with Crippen LogP contribution in [0.2, 0.25) is 0 Å². The van der Waals surface area contributed by atoms with Crippen LogP contribution in [0.5, 0.6) is 5.75 Å². The molecule has 2 aromatic carbocycles. The molecule has 1 fully saturated rings. The molecule has 1 aliphatic rings. The normalized spacial score (nSPS) is 15.2. The highest BCUT2D eigenvalue weighted by Crippen LogP contribution is 2.33. The number of nitrogens with zero attached hydrogens (tertiary/aromatic N) is 1. The maximum absolute atomic E-state index is 12.6. The standard InChI is InChI=1S/C20H17BrN2O4S/c1-12-3-4-13(9-16(12)27-2)10-17-19(25)23(20(26)28-17)11-18(24)22-15-7-5-14(21)6-8-15/h3-10H,11H2,1-2H3,(H,22,24)/b17-10+. The molecule has 3 rings (SSSR count). The van der Waals surface area contributed by atoms with Gasteiger partial charge in [0.25, 0.3) is 11.1 Å². The van der Waals surface area contributed by atoms with Gasteiger partial charge >= 0.3 is 0 Å². The third kappa shape index (κ3) is 4.63. The summed E-state index contributed by atoms with van der Waals surface area (Å²) in [5, 5.41) is 2.20. The molecule has 8 heteroatoms. The summed E-state index contributed by atoms with van der Waals surface area (Å²) in [5.41, 5.74) is 2.30. The third-order valence-electron chi connectivity index (χ3n) is 4.03. The smallest absolute Gasteiger partial charge is 0.294 e. The lowest BCUT2D eigenvalue weighted by molar-refractivity contribution is -0.127. The number of halogens is 1. The fourth-order valence-corrected chi connectivity index (χ4v) is 3.69. The van der Waals surface area contributed by atoms with E-state index < -0.39 is 17.1 Å². The number of benzene rings is 2. The molecule has 0 unspecified atom stereocenters. The topological polar surface area (TPSA) is 75.7 Å². The van der Waals surface area contributed by atoms with Crippen molar-refractivity contribution in [3.63, 3.8) is 0 Å². The van der Waals surface area contributed by atoms with Crippen LogP contribution in [-0.4, -0.2) is 35.6 Å². The largest absolute Gasteiger partial charge is 0.496 e. The Morgan fingerprint density at radius 3 is 2.61 bits per heavy atom. The Balaban J connectivity index is 1.70. The summed E-state index contributed by atoms with van der Waals surface area (Å²) in [7, 11) is 1.57. The highest BCUT2D eigenvalue weighted by molar-refractivity contribution is 9.10. The quantitative estimate of drug-likeness (QED) is 0.667. The average Bonchev–Trinajstić information content (AvgIpc) is 2.92. The number of nitrogens with one attached hydrogen (secondary N) is 1. The minimum atomic E-state index is -0.486. The van der Waals surface area contributed by atoms with Crippen LogP contribution in [-0.2, 0) is 9.59 Å². The number of aryl methyl sites for hydroxylation is 1. The number of carbonyl (C=O) groups is 3. The van der Waals surface area contributed by atoms with Gasteiger partial charge in [0.15, 0.2) is 0 Å². The van der Waals surface area contributed by atoms with Crippen molar-refractivity contribution in [1.82, 2.24) is 4.90 Å². The number of imide groups is 1. The Bertz CT molecular complexity index is 973. The van der Waals surface area contributed by atoms with Crippen LogP contribution in [0.4, 0.5) is 10.5 Å². The Kier molecular flexibility index (Phi) is 6.21. The SMILES string of the molecule is COc1cc(/C=C2/SC(=O)N(CC(=O)Nc3ccc(Br)cc3)C2=O)ccc1C. The van der Waals surface area contributed by atoms with Gasteiger partial charge in [0.1, 0.15) is 12.3 Å². The lowest BCUT2D eigenvalue weighted by Gasteiger charge is -2.12. The first-order valence-corrected chi connectivity index (χ1v) is 9.94. The van der Waals surface area contributed by atoms with Crippen molar-refractivity contribution in [3.05, 3.63) is 63.0 Å². The second-order valence-corrected chi connectivity index (χ2v) is 7.96. The van der Waals surface area contributed by atoms with E-state index in [4.69, 9.17) is 4.74 Å². The fourth-order valence-electron chi connectivity index (χ4n) is 2.59. The van der Waals surface area contributed by atoms with Crippen LogP contribution in [0.25, 0.3) is 6.08 Å². The zero-order valence-electron chi connectivity index (χ0n) is 15.2. The van der Waals surface area contributed by atoms with E-state index in [1.807, 2.05) is 19.1 Å². The van der Waals surface area contributed by atoms with E-state index in [-0.39, 0.29) is 11.4 Å². The first-order chi connectivity index (χ1) is 13.4. The highest BCUT2D eigenvalue weighted by atomic mass is 79.9. The predicted octanol–water partition coefficient (Wildman–Crippen LogP) is 4.44. The Hall–Kier alpha value is -2.58. The number of hydrogen-bond acceptors (Lipinski definition) is 5. The summed E-state index contributed by atoms with van der Waals surface area (Å²) >= 11 is 4.13. The van der Waals surface area contributed by atoms with Crippen molar-refractivity contribution in [2.24, 2.45) is 0 Å². The van der Waals surface area contributed by atoms with E-state index in [9.17, 15) is 14.4 Å². The summed E-state index contributed by atoms with van der Waals surface area (Å²) in [6.07, 6.45) is 1.62. The van der Waals surface area contributed by atoms with Crippen LogP contribution >= 0.6 is 27.7 Å². The number of hydrogen-bond donors (Lipinski definition) is 1. The summed E-state index contributed by atoms with van der Waals surface area (Å²) in [6, 6.07) is 12.5. The van der Waals surface area contributed by atoms with Crippen LogP contribution < -0.4 is 10.1 Å². The first kappa shape index (κ1) is 20.2. The summed E-state index contributed by atoms with van der Waals surface area (Å²) in [5.74, 6) is -0.231. The van der Waals surface area contributed by atoms with E-state index in [0.717, 1.165) is 32.3 Å². The molecule has 2 aromatic rings. The van der Waals surface area contributed by atoms with E-state index in [1.165, 1.54) is 0 Å². The molecule has 0 bridgehead atoms. The van der Waals surface area contributed by atoms with Gasteiger partial charge in [-0.2, -0.15) is 0 Å². The van der Waals surface area contributed by atoms with E-state index in [1.54, 1.807) is 43.5 Å². The second kappa shape index (κ2) is 8.62. The van der Waals surface area contributed by atoms with E-state index in [2.05, 4.69) is 21.2 Å². The second-order valence-electron chi connectivity index (χ2n) is 6.05. The van der Waals surface area contributed by atoms with Crippen LogP contribution in [0.3, 0.4) is 0 Å². The Morgan fingerprint density at radius 1 is 1.21 bits per heavy atom. The highest BCUT2D eigenvalue weighted by Gasteiger charge is 2.36. The Morgan fingerprint density at radius 2 is 1.93 bits per heavy atom. The summed E-state index contributed by atoms with van der Waals surface area (Å²) in [4.78, 5) is 38.2. The van der Waals surface area contributed by atoms with Crippen molar-refractivity contribution < 1.29 is 19.1 Å². The molecule has 0 spiro atoms. The maximum Gasteiger partial charge on any atom is 0.294 e. The van der Waals surface area contributed by atoms with Crippen LogP contribution in [0.15, 0.2) is 51.8 Å². The minimum Gasteiger partial charge on any atom is -0.496 e. The van der Waals surface area contributed by atoms with Gasteiger partial charge in [-0.1, -0.05) is 28.1 Å². The van der Waals surface area contributed by atoms with Crippen molar-refractivity contribution >= 4 is 56.5 Å². The molecule has 1 aliphatic heterocycles. The lowest BCUT2D eigenvalue weighted by Crippen LogP contribution is -2.36. The molecule has 0 saturated carbocycles. The number of ether oxygens (including phenoxy) is 1. The number of anilines is 1. The van der Waals surface area contributed by atoms with Gasteiger partial charge in [0.05, 0.1) is 12.0 Å². The zero-order chi connectivity index (χ0) is 20.3. The molecule has 1 saturated heterocycles. The van der Waals surface area contributed by atoms with Crippen molar-refractivity contribution in [1.29, 1.82) is 0 Å². The lowest BCUT2D eigenvalue weighted by atomic mass is 10.1. The van der Waals surface area contributed by atoms with Crippen molar-refractivity contribution in [2.75, 3.05) is 19.0 Å². The number of methoxy groups -OCH3 is 1. The third-order valence-corrected chi connectivity index (χ3v) is 5.47. The number of carbonyl (C=O) groups excluding carboxylic acids is 3. The molecule has 0 atom stereocenters. The molecule has 0 radical (unpaired) electrons. The zero-order valence-corrected chi connectivity index (χ0v) is 17.6. The monoisotopic (exact) mass is 460 g/mol. The summed E-state index contributed by atoms with van der Waals surface area (Å²) in [6.45, 7) is 1.58. The molecular formula is C20H17BrN2O4S. The molecule has 28 heavy (non-hydrogen) atoms. The molecule has 1 heterocycles. The maximum atomic E-state index is 12.6. The van der Waals surface area contributed by atoms with Gasteiger partial charge in [0, 0.05) is 10.2 Å². The van der Waals surface area contributed by atoms with Crippen molar-refractivity contribution in [3.8, 4) is 5.75 Å². The first-order valence-electron chi connectivity index (χ1n) is 8.33. The van der Waals surface area contributed by atoms with E-state index in [0.29, 0.717) is 11.4 Å². The number of amides is 3. The van der Waals surface area contributed by atoms with Crippen molar-refractivity contribution in [2.45, 2.75) is 6.92 Å². The molecular weight excluding hydrogens is 444 g/mol. The molecule has 0 aliphatic carbocycles. The minimum absolute atomic E-state index is 0.271. The molecule has 6 nitrogen and oxygen atoms in total. The van der Waals surface area contributed by atoms with Gasteiger partial charge in [-0.3, -0.25) is 19.3 Å². The number of thioether (sulfide) groups is 1. The predicted molar refractivity (Wildman–Crippen MR) is 113 cm³/mol. The Labute approximate surface area is 175 Å². The van der Waals surface area contributed by atoms with E-state index >= 15 is 0 Å². The summed E-state index contributed by atoms with van der Waals surface area (Å²) < 4.78 is 6.17. The van der Waals surface area contributed by atoms with Crippen LogP contribution in [0, 0.1) is 6.92 Å². The number of rotatable bonds is 5. The van der Waals surface area contributed by atoms with Gasteiger partial charge in [0.2, 0.25) is 5.91 Å². The average molecular weight is 461 g/mol.